The topological polar surface area (TPSA) is 100 Å². The Morgan fingerprint density at radius 3 is 2.81 bits per heavy atom. The highest BCUT2D eigenvalue weighted by atomic mass is 16.2. The van der Waals surface area contributed by atoms with Gasteiger partial charge >= 0.3 is 0 Å². The Balaban J connectivity index is 1.43. The maximum atomic E-state index is 12.6. The summed E-state index contributed by atoms with van der Waals surface area (Å²) in [5, 5.41) is 8.22. The van der Waals surface area contributed by atoms with Crippen molar-refractivity contribution in [2.75, 3.05) is 11.9 Å². The van der Waals surface area contributed by atoms with Crippen molar-refractivity contribution in [3.05, 3.63) is 57.0 Å². The summed E-state index contributed by atoms with van der Waals surface area (Å²) in [6.07, 6.45) is 2.06. The zero-order chi connectivity index (χ0) is 22.1. The Hall–Kier alpha value is -3.42. The predicted octanol–water partition coefficient (Wildman–Crippen LogP) is 2.57. The van der Waals surface area contributed by atoms with Gasteiger partial charge in [0.15, 0.2) is 0 Å². The van der Waals surface area contributed by atoms with Gasteiger partial charge in [-0.15, -0.1) is 0 Å². The maximum Gasteiger partial charge on any atom is 0.253 e. The van der Waals surface area contributed by atoms with E-state index >= 15 is 0 Å². The SMILES string of the molecule is Cc1nn(C)c2[nH]c(=O)c(CCC(=O)Nc3cccc(CN4CCCC4=O)c3)c(C)c12. The molecule has 0 atom stereocenters. The first kappa shape index (κ1) is 20.8. The van der Waals surface area contributed by atoms with Gasteiger partial charge in [-0.1, -0.05) is 12.1 Å². The number of fused-ring (bicyclic) bond motifs is 1. The standard InChI is InChI=1S/C23H27N5O3/c1-14-18(23(31)25-22-21(14)15(2)26-27(22)3)9-10-19(29)24-17-7-4-6-16(12-17)13-28-11-5-8-20(28)30/h4,6-7,12H,5,8-11,13H2,1-3H3,(H,24,29)(H,25,31). The highest BCUT2D eigenvalue weighted by molar-refractivity contribution is 5.91. The summed E-state index contributed by atoms with van der Waals surface area (Å²) in [5.74, 6) is 0.0204. The maximum absolute atomic E-state index is 12.6. The third kappa shape index (κ3) is 4.23. The van der Waals surface area contributed by atoms with E-state index in [1.54, 1.807) is 11.7 Å². The normalized spacial score (nSPS) is 13.9. The van der Waals surface area contributed by atoms with Crippen molar-refractivity contribution in [3.8, 4) is 0 Å². The predicted molar refractivity (Wildman–Crippen MR) is 119 cm³/mol. The number of likely N-dealkylation sites (tertiary alicyclic amines) is 1. The smallest absolute Gasteiger partial charge is 0.253 e. The van der Waals surface area contributed by atoms with Gasteiger partial charge in [0.25, 0.3) is 5.56 Å². The van der Waals surface area contributed by atoms with Gasteiger partial charge in [-0.05, 0) is 49.9 Å². The molecule has 2 amide bonds. The van der Waals surface area contributed by atoms with E-state index in [1.165, 1.54) is 0 Å². The number of aryl methyl sites for hydroxylation is 3. The molecule has 2 N–H and O–H groups in total. The number of carbonyl (C=O) groups excluding carboxylic acids is 2. The number of amides is 2. The second-order valence-electron chi connectivity index (χ2n) is 8.16. The van der Waals surface area contributed by atoms with Gasteiger partial charge in [-0.25, -0.2) is 0 Å². The number of hydrogen-bond donors (Lipinski definition) is 2. The molecular formula is C23H27N5O3. The van der Waals surface area contributed by atoms with Gasteiger partial charge in [-0.2, -0.15) is 5.10 Å². The number of nitrogens with zero attached hydrogens (tertiary/aromatic N) is 3. The summed E-state index contributed by atoms with van der Waals surface area (Å²) in [4.78, 5) is 41.7. The van der Waals surface area contributed by atoms with Crippen molar-refractivity contribution in [3.63, 3.8) is 0 Å². The lowest BCUT2D eigenvalue weighted by molar-refractivity contribution is -0.128. The number of hydrogen-bond acceptors (Lipinski definition) is 4. The summed E-state index contributed by atoms with van der Waals surface area (Å²) >= 11 is 0. The average molecular weight is 422 g/mol. The summed E-state index contributed by atoms with van der Waals surface area (Å²) in [6, 6.07) is 7.55. The third-order valence-corrected chi connectivity index (χ3v) is 5.91. The molecule has 3 heterocycles. The molecule has 0 aliphatic carbocycles. The molecule has 0 unspecified atom stereocenters. The number of rotatable bonds is 6. The molecule has 0 bridgehead atoms. The van der Waals surface area contributed by atoms with Crippen LogP contribution in [0.4, 0.5) is 5.69 Å². The molecule has 8 heteroatoms. The van der Waals surface area contributed by atoms with Gasteiger partial charge in [0.05, 0.1) is 5.69 Å². The van der Waals surface area contributed by atoms with Crippen LogP contribution in [0.2, 0.25) is 0 Å². The largest absolute Gasteiger partial charge is 0.338 e. The van der Waals surface area contributed by atoms with Crippen LogP contribution in [-0.4, -0.2) is 38.0 Å². The first-order chi connectivity index (χ1) is 14.8. The number of H-pyrrole nitrogens is 1. The number of anilines is 1. The van der Waals surface area contributed by atoms with E-state index < -0.39 is 0 Å². The van der Waals surface area contributed by atoms with Crippen LogP contribution in [0.25, 0.3) is 11.0 Å². The molecule has 1 aliphatic rings. The van der Waals surface area contributed by atoms with Gasteiger partial charge in [0, 0.05) is 49.6 Å². The fourth-order valence-electron chi connectivity index (χ4n) is 4.36. The van der Waals surface area contributed by atoms with E-state index in [1.807, 2.05) is 43.0 Å². The van der Waals surface area contributed by atoms with Crippen LogP contribution in [0.1, 0.15) is 41.6 Å². The lowest BCUT2D eigenvalue weighted by atomic mass is 10.0. The van der Waals surface area contributed by atoms with Crippen molar-refractivity contribution in [1.29, 1.82) is 0 Å². The molecule has 0 saturated carbocycles. The van der Waals surface area contributed by atoms with Gasteiger partial charge < -0.3 is 15.2 Å². The van der Waals surface area contributed by atoms with Crippen molar-refractivity contribution in [1.82, 2.24) is 19.7 Å². The van der Waals surface area contributed by atoms with Crippen molar-refractivity contribution in [2.24, 2.45) is 7.05 Å². The van der Waals surface area contributed by atoms with E-state index in [0.29, 0.717) is 36.3 Å². The van der Waals surface area contributed by atoms with Crippen LogP contribution in [-0.2, 0) is 29.6 Å². The first-order valence-electron chi connectivity index (χ1n) is 10.5. The highest BCUT2D eigenvalue weighted by Gasteiger charge is 2.20. The van der Waals surface area contributed by atoms with Crippen LogP contribution in [0.15, 0.2) is 29.1 Å². The summed E-state index contributed by atoms with van der Waals surface area (Å²) in [6.45, 7) is 5.15. The zero-order valence-corrected chi connectivity index (χ0v) is 18.1. The van der Waals surface area contributed by atoms with Gasteiger partial charge in [-0.3, -0.25) is 19.1 Å². The van der Waals surface area contributed by atoms with E-state index in [-0.39, 0.29) is 23.8 Å². The molecule has 31 heavy (non-hydrogen) atoms. The molecule has 1 aliphatic heterocycles. The summed E-state index contributed by atoms with van der Waals surface area (Å²) in [5.41, 5.74) is 4.52. The first-order valence-corrected chi connectivity index (χ1v) is 10.5. The molecular weight excluding hydrogens is 394 g/mol. The summed E-state index contributed by atoms with van der Waals surface area (Å²) < 4.78 is 1.66. The third-order valence-electron chi connectivity index (χ3n) is 5.91. The van der Waals surface area contributed by atoms with Crippen LogP contribution in [0.5, 0.6) is 0 Å². The second-order valence-corrected chi connectivity index (χ2v) is 8.16. The number of benzene rings is 1. The molecule has 3 aromatic rings. The number of aromatic nitrogens is 3. The minimum absolute atomic E-state index is 0.156. The lowest BCUT2D eigenvalue weighted by Gasteiger charge is -2.16. The molecule has 0 radical (unpaired) electrons. The van der Waals surface area contributed by atoms with E-state index in [2.05, 4.69) is 15.4 Å². The van der Waals surface area contributed by atoms with Gasteiger partial charge in [0.1, 0.15) is 5.65 Å². The molecule has 1 aromatic carbocycles. The van der Waals surface area contributed by atoms with E-state index in [0.717, 1.165) is 35.2 Å². The average Bonchev–Trinajstić information content (AvgIpc) is 3.24. The molecule has 1 saturated heterocycles. The molecule has 162 valence electrons. The van der Waals surface area contributed by atoms with Crippen molar-refractivity contribution in [2.45, 2.75) is 46.1 Å². The number of nitrogens with one attached hydrogen (secondary N) is 2. The van der Waals surface area contributed by atoms with Gasteiger partial charge in [0.2, 0.25) is 11.8 Å². The highest BCUT2D eigenvalue weighted by Crippen LogP contribution is 2.22. The Morgan fingerprint density at radius 2 is 2.06 bits per heavy atom. The Bertz CT molecular complexity index is 1220. The molecule has 4 rings (SSSR count). The lowest BCUT2D eigenvalue weighted by Crippen LogP contribution is -2.24. The van der Waals surface area contributed by atoms with E-state index in [4.69, 9.17) is 0 Å². The quantitative estimate of drug-likeness (QED) is 0.639. The Kier molecular flexibility index (Phi) is 5.63. The van der Waals surface area contributed by atoms with Crippen molar-refractivity contribution < 1.29 is 9.59 Å². The zero-order valence-electron chi connectivity index (χ0n) is 18.1. The Morgan fingerprint density at radius 1 is 1.26 bits per heavy atom. The monoisotopic (exact) mass is 421 g/mol. The van der Waals surface area contributed by atoms with Crippen LogP contribution < -0.4 is 10.9 Å². The molecule has 8 nitrogen and oxygen atoms in total. The van der Waals surface area contributed by atoms with Crippen molar-refractivity contribution >= 4 is 28.5 Å². The Labute approximate surface area is 180 Å². The van der Waals surface area contributed by atoms with Crippen LogP contribution in [0.3, 0.4) is 0 Å². The minimum Gasteiger partial charge on any atom is -0.338 e. The molecule has 0 spiro atoms. The molecule has 2 aromatic heterocycles. The fraction of sp³-hybridized carbons (Fsp3) is 0.391. The fourth-order valence-corrected chi connectivity index (χ4v) is 4.36. The number of carbonyl (C=O) groups is 2. The number of aromatic amines is 1. The summed E-state index contributed by atoms with van der Waals surface area (Å²) in [7, 11) is 1.80. The molecule has 1 fully saturated rings. The van der Waals surface area contributed by atoms with Crippen LogP contribution >= 0.6 is 0 Å². The minimum atomic E-state index is -0.182. The van der Waals surface area contributed by atoms with Crippen LogP contribution in [0, 0.1) is 13.8 Å². The van der Waals surface area contributed by atoms with E-state index in [9.17, 15) is 14.4 Å². The second kappa shape index (κ2) is 8.37. The number of pyridine rings is 1.